The minimum atomic E-state index is -1.01. The van der Waals surface area contributed by atoms with Crippen LogP contribution in [0.3, 0.4) is 0 Å². The van der Waals surface area contributed by atoms with Gasteiger partial charge in [0.2, 0.25) is 0 Å². The summed E-state index contributed by atoms with van der Waals surface area (Å²) in [4.78, 5) is 0. The summed E-state index contributed by atoms with van der Waals surface area (Å²) in [7, 11) is 0. The van der Waals surface area contributed by atoms with Crippen LogP contribution in [0.25, 0.3) is 0 Å². The maximum atomic E-state index is 9.86. The fourth-order valence-electron chi connectivity index (χ4n) is 2.21. The minimum absolute atomic E-state index is 0.0339. The van der Waals surface area contributed by atoms with E-state index in [0.717, 1.165) is 12.8 Å². The summed E-state index contributed by atoms with van der Waals surface area (Å²) in [6, 6.07) is 0. The van der Waals surface area contributed by atoms with Gasteiger partial charge in [-0.3, -0.25) is 0 Å². The molecular formula is C9H18O3. The van der Waals surface area contributed by atoms with E-state index >= 15 is 0 Å². The molecule has 1 aliphatic carbocycles. The molecule has 3 heteroatoms. The van der Waals surface area contributed by atoms with E-state index in [1.54, 1.807) is 6.92 Å². The summed E-state index contributed by atoms with van der Waals surface area (Å²) in [5.74, 6) is -0.0328. The van der Waals surface area contributed by atoms with E-state index in [1.807, 2.05) is 6.92 Å². The first-order valence-corrected chi connectivity index (χ1v) is 4.55. The van der Waals surface area contributed by atoms with Gasteiger partial charge in [0.1, 0.15) is 0 Å². The van der Waals surface area contributed by atoms with Crippen molar-refractivity contribution in [3.05, 3.63) is 0 Å². The molecule has 1 rings (SSSR count). The zero-order valence-corrected chi connectivity index (χ0v) is 7.70. The van der Waals surface area contributed by atoms with Gasteiger partial charge in [-0.1, -0.05) is 13.3 Å². The van der Waals surface area contributed by atoms with Crippen LogP contribution in [0.5, 0.6) is 0 Å². The summed E-state index contributed by atoms with van der Waals surface area (Å²) < 4.78 is 0. The highest BCUT2D eigenvalue weighted by molar-refractivity contribution is 4.99. The first kappa shape index (κ1) is 9.96. The van der Waals surface area contributed by atoms with Crippen LogP contribution in [-0.4, -0.2) is 33.6 Å². The van der Waals surface area contributed by atoms with Gasteiger partial charge >= 0.3 is 0 Å². The predicted molar refractivity (Wildman–Crippen MR) is 45.6 cm³/mol. The lowest BCUT2D eigenvalue weighted by Gasteiger charge is -2.28. The zero-order valence-electron chi connectivity index (χ0n) is 7.70. The molecule has 0 aromatic rings. The van der Waals surface area contributed by atoms with Crippen molar-refractivity contribution in [2.45, 2.75) is 38.4 Å². The molecule has 4 unspecified atom stereocenters. The Kier molecular flexibility index (Phi) is 2.76. The van der Waals surface area contributed by atoms with E-state index < -0.39 is 11.7 Å². The molecule has 1 aliphatic rings. The minimum Gasteiger partial charge on any atom is -0.396 e. The van der Waals surface area contributed by atoms with Crippen LogP contribution in [-0.2, 0) is 0 Å². The lowest BCUT2D eigenvalue weighted by Crippen LogP contribution is -2.41. The second kappa shape index (κ2) is 3.32. The Balaban J connectivity index is 2.73. The molecule has 3 N–H and O–H groups in total. The molecule has 0 radical (unpaired) electrons. The molecule has 1 fully saturated rings. The third kappa shape index (κ3) is 1.37. The van der Waals surface area contributed by atoms with E-state index in [4.69, 9.17) is 5.11 Å². The van der Waals surface area contributed by atoms with Gasteiger partial charge in [0, 0.05) is 12.5 Å². The van der Waals surface area contributed by atoms with Gasteiger partial charge in [-0.2, -0.15) is 0 Å². The number of aliphatic hydroxyl groups is 3. The summed E-state index contributed by atoms with van der Waals surface area (Å²) in [5, 5.41) is 28.4. The molecule has 12 heavy (non-hydrogen) atoms. The summed E-state index contributed by atoms with van der Waals surface area (Å²) >= 11 is 0. The molecule has 0 amide bonds. The Hall–Kier alpha value is -0.120. The summed E-state index contributed by atoms with van der Waals surface area (Å²) in [6.07, 6.45) is 0.800. The second-order valence-corrected chi connectivity index (χ2v) is 3.95. The first-order chi connectivity index (χ1) is 5.54. The number of aliphatic hydroxyl groups excluding tert-OH is 2. The Labute approximate surface area is 73.0 Å². The van der Waals surface area contributed by atoms with Gasteiger partial charge in [-0.15, -0.1) is 0 Å². The SMILES string of the molecule is CCC1CC(CO)C(O)C1(C)O. The Morgan fingerprint density at radius 2 is 2.08 bits per heavy atom. The average Bonchev–Trinajstić information content (AvgIpc) is 2.25. The van der Waals surface area contributed by atoms with E-state index in [2.05, 4.69) is 0 Å². The molecule has 72 valence electrons. The molecule has 0 aromatic heterocycles. The van der Waals surface area contributed by atoms with Gasteiger partial charge < -0.3 is 15.3 Å². The van der Waals surface area contributed by atoms with Crippen LogP contribution in [0, 0.1) is 11.8 Å². The van der Waals surface area contributed by atoms with Crippen molar-refractivity contribution >= 4 is 0 Å². The van der Waals surface area contributed by atoms with Gasteiger partial charge in [0.15, 0.2) is 0 Å². The zero-order chi connectivity index (χ0) is 9.35. The van der Waals surface area contributed by atoms with Crippen molar-refractivity contribution in [2.24, 2.45) is 11.8 Å². The number of hydrogen-bond donors (Lipinski definition) is 3. The maximum Gasteiger partial charge on any atom is 0.0909 e. The molecule has 1 saturated carbocycles. The van der Waals surface area contributed by atoms with E-state index in [-0.39, 0.29) is 18.4 Å². The van der Waals surface area contributed by atoms with Crippen molar-refractivity contribution in [2.75, 3.05) is 6.61 Å². The van der Waals surface area contributed by atoms with Crippen LogP contribution in [0.4, 0.5) is 0 Å². The molecule has 0 aromatic carbocycles. The largest absolute Gasteiger partial charge is 0.396 e. The van der Waals surface area contributed by atoms with E-state index in [9.17, 15) is 10.2 Å². The van der Waals surface area contributed by atoms with Crippen LogP contribution >= 0.6 is 0 Å². The molecule has 0 heterocycles. The highest BCUT2D eigenvalue weighted by atomic mass is 16.3. The van der Waals surface area contributed by atoms with Crippen LogP contribution in [0.15, 0.2) is 0 Å². The predicted octanol–water partition coefficient (Wildman–Crippen LogP) is 0.137. The summed E-state index contributed by atoms with van der Waals surface area (Å²) in [5.41, 5.74) is -1.01. The highest BCUT2D eigenvalue weighted by Crippen LogP contribution is 2.41. The Morgan fingerprint density at radius 1 is 1.50 bits per heavy atom. The lowest BCUT2D eigenvalue weighted by molar-refractivity contribution is -0.0819. The van der Waals surface area contributed by atoms with Crippen LogP contribution in [0.1, 0.15) is 26.7 Å². The van der Waals surface area contributed by atoms with Crippen molar-refractivity contribution in [3.8, 4) is 0 Å². The smallest absolute Gasteiger partial charge is 0.0909 e. The molecular weight excluding hydrogens is 156 g/mol. The highest BCUT2D eigenvalue weighted by Gasteiger charge is 2.48. The van der Waals surface area contributed by atoms with Gasteiger partial charge in [-0.25, -0.2) is 0 Å². The topological polar surface area (TPSA) is 60.7 Å². The standard InChI is InChI=1S/C9H18O3/c1-3-7-4-6(5-10)8(11)9(7,2)12/h6-8,10-12H,3-5H2,1-2H3. The van der Waals surface area contributed by atoms with Crippen molar-refractivity contribution < 1.29 is 15.3 Å². The quantitative estimate of drug-likeness (QED) is 0.558. The van der Waals surface area contributed by atoms with E-state index in [1.165, 1.54) is 0 Å². The van der Waals surface area contributed by atoms with Gasteiger partial charge in [0.25, 0.3) is 0 Å². The fourth-order valence-corrected chi connectivity index (χ4v) is 2.21. The number of hydrogen-bond acceptors (Lipinski definition) is 3. The third-order valence-electron chi connectivity index (χ3n) is 3.19. The lowest BCUT2D eigenvalue weighted by atomic mass is 9.89. The molecule has 0 spiro atoms. The summed E-state index contributed by atoms with van der Waals surface area (Å²) in [6.45, 7) is 3.61. The maximum absolute atomic E-state index is 9.86. The monoisotopic (exact) mass is 174 g/mol. The van der Waals surface area contributed by atoms with Crippen molar-refractivity contribution in [3.63, 3.8) is 0 Å². The van der Waals surface area contributed by atoms with Crippen LogP contribution in [0.2, 0.25) is 0 Å². The third-order valence-corrected chi connectivity index (χ3v) is 3.19. The molecule has 0 bridgehead atoms. The first-order valence-electron chi connectivity index (χ1n) is 4.55. The molecule has 3 nitrogen and oxygen atoms in total. The number of rotatable bonds is 2. The van der Waals surface area contributed by atoms with Gasteiger partial charge in [0.05, 0.1) is 11.7 Å². The normalized spacial score (nSPS) is 48.2. The Bertz CT molecular complexity index is 152. The molecule has 0 saturated heterocycles. The van der Waals surface area contributed by atoms with Crippen LogP contribution < -0.4 is 0 Å². The van der Waals surface area contributed by atoms with Crippen molar-refractivity contribution in [1.82, 2.24) is 0 Å². The molecule has 0 aliphatic heterocycles. The molecule has 4 atom stereocenters. The Morgan fingerprint density at radius 3 is 2.33 bits per heavy atom. The second-order valence-electron chi connectivity index (χ2n) is 3.95. The van der Waals surface area contributed by atoms with Gasteiger partial charge in [-0.05, 0) is 19.3 Å². The van der Waals surface area contributed by atoms with E-state index in [0.29, 0.717) is 0 Å². The fraction of sp³-hybridized carbons (Fsp3) is 1.00. The van der Waals surface area contributed by atoms with Crippen molar-refractivity contribution in [1.29, 1.82) is 0 Å². The average molecular weight is 174 g/mol.